The molecule has 1 fully saturated rings. The zero-order valence-electron chi connectivity index (χ0n) is 13.0. The molecule has 1 atom stereocenters. The molecule has 6 nitrogen and oxygen atoms in total. The number of piperazine rings is 1. The summed E-state index contributed by atoms with van der Waals surface area (Å²) < 4.78 is 14.8. The maximum atomic E-state index is 13.0. The van der Waals surface area contributed by atoms with Gasteiger partial charge in [0.2, 0.25) is 5.91 Å². The van der Waals surface area contributed by atoms with E-state index in [2.05, 4.69) is 20.6 Å². The van der Waals surface area contributed by atoms with Crippen molar-refractivity contribution in [2.75, 3.05) is 24.5 Å². The largest absolute Gasteiger partial charge is 0.368 e. The molecule has 2 aromatic rings. The number of rotatable bonds is 4. The van der Waals surface area contributed by atoms with Crippen molar-refractivity contribution >= 4 is 11.6 Å². The second-order valence-electron chi connectivity index (χ2n) is 5.59. The number of halogens is 1. The standard InChI is InChI=1S/C16H20FN5O/c1-21-14(6-7-20-21)10-19-16(23)15-11-22(9-8-18-15)13-4-2-12(17)3-5-13/h2-7,15,18H,8-11H2,1H3,(H,19,23)/t15-/m0/s1. The summed E-state index contributed by atoms with van der Waals surface area (Å²) in [5, 5.41) is 10.2. The van der Waals surface area contributed by atoms with Crippen LogP contribution in [0.1, 0.15) is 5.69 Å². The molecule has 23 heavy (non-hydrogen) atoms. The maximum absolute atomic E-state index is 13.0. The van der Waals surface area contributed by atoms with Gasteiger partial charge < -0.3 is 15.5 Å². The third-order valence-corrected chi connectivity index (χ3v) is 4.05. The van der Waals surface area contributed by atoms with E-state index >= 15 is 0 Å². The van der Waals surface area contributed by atoms with Crippen LogP contribution in [0.2, 0.25) is 0 Å². The number of hydrogen-bond donors (Lipinski definition) is 2. The predicted octanol–water partition coefficient (Wildman–Crippen LogP) is 0.654. The molecule has 3 rings (SSSR count). The summed E-state index contributed by atoms with van der Waals surface area (Å²) in [7, 11) is 1.84. The lowest BCUT2D eigenvalue weighted by molar-refractivity contribution is -0.123. The van der Waals surface area contributed by atoms with Gasteiger partial charge in [-0.15, -0.1) is 0 Å². The number of nitrogens with one attached hydrogen (secondary N) is 2. The van der Waals surface area contributed by atoms with Crippen molar-refractivity contribution in [2.45, 2.75) is 12.6 Å². The summed E-state index contributed by atoms with van der Waals surface area (Å²) in [6.07, 6.45) is 1.70. The van der Waals surface area contributed by atoms with Crippen molar-refractivity contribution < 1.29 is 9.18 Å². The summed E-state index contributed by atoms with van der Waals surface area (Å²) in [6, 6.07) is 7.95. The SMILES string of the molecule is Cn1nccc1CNC(=O)[C@@H]1CN(c2ccc(F)cc2)CCN1. The predicted molar refractivity (Wildman–Crippen MR) is 85.5 cm³/mol. The van der Waals surface area contributed by atoms with Crippen LogP contribution in [0.4, 0.5) is 10.1 Å². The first-order valence-electron chi connectivity index (χ1n) is 7.62. The van der Waals surface area contributed by atoms with Crippen LogP contribution in [0, 0.1) is 5.82 Å². The summed E-state index contributed by atoms with van der Waals surface area (Å²) in [6.45, 7) is 2.51. The molecular formula is C16H20FN5O. The van der Waals surface area contributed by atoms with Gasteiger partial charge in [-0.3, -0.25) is 9.48 Å². The van der Waals surface area contributed by atoms with Gasteiger partial charge in [0.05, 0.1) is 12.2 Å². The van der Waals surface area contributed by atoms with Crippen LogP contribution >= 0.6 is 0 Å². The number of nitrogens with zero attached hydrogens (tertiary/aromatic N) is 3. The van der Waals surface area contributed by atoms with Gasteiger partial charge in [-0.2, -0.15) is 5.10 Å². The Morgan fingerprint density at radius 2 is 2.17 bits per heavy atom. The van der Waals surface area contributed by atoms with E-state index in [1.165, 1.54) is 12.1 Å². The fraction of sp³-hybridized carbons (Fsp3) is 0.375. The highest BCUT2D eigenvalue weighted by molar-refractivity contribution is 5.82. The van der Waals surface area contributed by atoms with Gasteiger partial charge in [-0.05, 0) is 30.3 Å². The van der Waals surface area contributed by atoms with Crippen molar-refractivity contribution in [1.29, 1.82) is 0 Å². The van der Waals surface area contributed by atoms with Crippen LogP contribution in [0.15, 0.2) is 36.5 Å². The molecule has 0 saturated carbocycles. The molecule has 0 aliphatic carbocycles. The van der Waals surface area contributed by atoms with E-state index in [-0.39, 0.29) is 17.8 Å². The number of amides is 1. The molecular weight excluding hydrogens is 297 g/mol. The fourth-order valence-electron chi connectivity index (χ4n) is 2.69. The Bertz CT molecular complexity index is 669. The zero-order chi connectivity index (χ0) is 16.2. The number of carbonyl (C=O) groups excluding carboxylic acids is 1. The van der Waals surface area contributed by atoms with Gasteiger partial charge in [0.25, 0.3) is 0 Å². The Morgan fingerprint density at radius 1 is 1.39 bits per heavy atom. The lowest BCUT2D eigenvalue weighted by Crippen LogP contribution is -2.57. The van der Waals surface area contributed by atoms with Crippen molar-refractivity contribution in [1.82, 2.24) is 20.4 Å². The first-order chi connectivity index (χ1) is 11.1. The van der Waals surface area contributed by atoms with Crippen LogP contribution < -0.4 is 15.5 Å². The number of aryl methyl sites for hydroxylation is 1. The van der Waals surface area contributed by atoms with E-state index < -0.39 is 0 Å². The van der Waals surface area contributed by atoms with Gasteiger partial charge in [0.1, 0.15) is 11.9 Å². The molecule has 1 amide bonds. The van der Waals surface area contributed by atoms with E-state index in [0.717, 1.165) is 17.9 Å². The quantitative estimate of drug-likeness (QED) is 0.869. The van der Waals surface area contributed by atoms with Crippen LogP contribution in [0.25, 0.3) is 0 Å². The summed E-state index contributed by atoms with van der Waals surface area (Å²) >= 11 is 0. The van der Waals surface area contributed by atoms with E-state index in [4.69, 9.17) is 0 Å². The van der Waals surface area contributed by atoms with Gasteiger partial charge >= 0.3 is 0 Å². The number of hydrogen-bond acceptors (Lipinski definition) is 4. The normalized spacial score (nSPS) is 18.0. The summed E-state index contributed by atoms with van der Waals surface area (Å²) in [5.41, 5.74) is 1.88. The molecule has 1 saturated heterocycles. The van der Waals surface area contributed by atoms with Crippen LogP contribution in [0.3, 0.4) is 0 Å². The third-order valence-electron chi connectivity index (χ3n) is 4.05. The third kappa shape index (κ3) is 3.68. The second-order valence-corrected chi connectivity index (χ2v) is 5.59. The monoisotopic (exact) mass is 317 g/mol. The van der Waals surface area contributed by atoms with Gasteiger partial charge in [-0.25, -0.2) is 4.39 Å². The number of benzene rings is 1. The highest BCUT2D eigenvalue weighted by atomic mass is 19.1. The Kier molecular flexibility index (Phi) is 4.57. The fourth-order valence-corrected chi connectivity index (χ4v) is 2.69. The molecule has 0 spiro atoms. The average Bonchev–Trinajstić information content (AvgIpc) is 2.98. The molecule has 2 N–H and O–H groups in total. The summed E-state index contributed by atoms with van der Waals surface area (Å²) in [5.74, 6) is -0.299. The number of anilines is 1. The number of carbonyl (C=O) groups is 1. The lowest BCUT2D eigenvalue weighted by Gasteiger charge is -2.34. The Morgan fingerprint density at radius 3 is 2.87 bits per heavy atom. The first kappa shape index (κ1) is 15.5. The highest BCUT2D eigenvalue weighted by Crippen LogP contribution is 2.16. The Labute approximate surface area is 134 Å². The minimum absolute atomic E-state index is 0.0435. The topological polar surface area (TPSA) is 62.2 Å². The van der Waals surface area contributed by atoms with Crippen molar-refractivity contribution in [3.05, 3.63) is 48.0 Å². The highest BCUT2D eigenvalue weighted by Gasteiger charge is 2.25. The second kappa shape index (κ2) is 6.78. The smallest absolute Gasteiger partial charge is 0.239 e. The molecule has 1 aromatic heterocycles. The molecule has 0 unspecified atom stereocenters. The molecule has 7 heteroatoms. The molecule has 122 valence electrons. The van der Waals surface area contributed by atoms with Crippen LogP contribution in [-0.2, 0) is 18.4 Å². The van der Waals surface area contributed by atoms with Crippen LogP contribution in [-0.4, -0.2) is 41.4 Å². The van der Waals surface area contributed by atoms with E-state index in [1.807, 2.05) is 13.1 Å². The van der Waals surface area contributed by atoms with Crippen LogP contribution in [0.5, 0.6) is 0 Å². The Hall–Kier alpha value is -2.41. The van der Waals surface area contributed by atoms with Gasteiger partial charge in [0.15, 0.2) is 0 Å². The zero-order valence-corrected chi connectivity index (χ0v) is 13.0. The summed E-state index contributed by atoms with van der Waals surface area (Å²) in [4.78, 5) is 14.4. The average molecular weight is 317 g/mol. The minimum atomic E-state index is -0.290. The van der Waals surface area contributed by atoms with Crippen molar-refractivity contribution in [3.8, 4) is 0 Å². The Balaban J connectivity index is 1.58. The molecule has 0 radical (unpaired) electrons. The molecule has 1 aliphatic rings. The van der Waals surface area contributed by atoms with Crippen molar-refractivity contribution in [3.63, 3.8) is 0 Å². The van der Waals surface area contributed by atoms with E-state index in [1.54, 1.807) is 23.0 Å². The minimum Gasteiger partial charge on any atom is -0.368 e. The molecule has 2 heterocycles. The molecule has 1 aliphatic heterocycles. The van der Waals surface area contributed by atoms with Gasteiger partial charge in [0, 0.05) is 38.6 Å². The molecule has 1 aromatic carbocycles. The first-order valence-corrected chi connectivity index (χ1v) is 7.62. The lowest BCUT2D eigenvalue weighted by atomic mass is 10.1. The van der Waals surface area contributed by atoms with Gasteiger partial charge in [-0.1, -0.05) is 0 Å². The van der Waals surface area contributed by atoms with E-state index in [0.29, 0.717) is 19.6 Å². The molecule has 0 bridgehead atoms. The maximum Gasteiger partial charge on any atom is 0.239 e. The van der Waals surface area contributed by atoms with E-state index in [9.17, 15) is 9.18 Å². The number of aromatic nitrogens is 2. The van der Waals surface area contributed by atoms with Crippen molar-refractivity contribution in [2.24, 2.45) is 7.05 Å².